The van der Waals surface area contributed by atoms with Crippen LogP contribution in [-0.2, 0) is 21.2 Å². The normalized spacial score (nSPS) is 30.3. The van der Waals surface area contributed by atoms with E-state index < -0.39 is 10.0 Å². The lowest BCUT2D eigenvalue weighted by molar-refractivity contribution is -0.0758. The number of sulfonamides is 1. The van der Waals surface area contributed by atoms with Crippen LogP contribution in [-0.4, -0.2) is 62.6 Å². The molecule has 3 aliphatic rings. The van der Waals surface area contributed by atoms with Gasteiger partial charge in [0.25, 0.3) is 10.0 Å². The van der Waals surface area contributed by atoms with E-state index in [0.29, 0.717) is 29.9 Å². The Morgan fingerprint density at radius 1 is 1.26 bits per heavy atom. The number of hydrogen-bond acceptors (Lipinski definition) is 5. The average Bonchev–Trinajstić information content (AvgIpc) is 3.29. The molecular formula is C16H24N2O3S2. The van der Waals surface area contributed by atoms with Crippen LogP contribution in [0.2, 0.25) is 0 Å². The van der Waals surface area contributed by atoms with Gasteiger partial charge >= 0.3 is 0 Å². The largest absolute Gasteiger partial charge is 0.378 e. The van der Waals surface area contributed by atoms with Crippen LogP contribution in [0.5, 0.6) is 0 Å². The summed E-state index contributed by atoms with van der Waals surface area (Å²) in [6, 6.07) is 4.41. The Hall–Kier alpha value is -0.470. The van der Waals surface area contributed by atoms with Gasteiger partial charge in [0.05, 0.1) is 13.2 Å². The molecule has 1 saturated carbocycles. The van der Waals surface area contributed by atoms with Gasteiger partial charge in [-0.05, 0) is 37.3 Å². The Balaban J connectivity index is 1.50. The third-order valence-electron chi connectivity index (χ3n) is 5.26. The second-order valence-corrected chi connectivity index (χ2v) is 10.1. The highest BCUT2D eigenvalue weighted by Gasteiger charge is 2.44. The number of aryl methyl sites for hydroxylation is 1. The van der Waals surface area contributed by atoms with Gasteiger partial charge in [-0.25, -0.2) is 8.42 Å². The van der Waals surface area contributed by atoms with Gasteiger partial charge in [0.1, 0.15) is 4.21 Å². The summed E-state index contributed by atoms with van der Waals surface area (Å²) in [5, 5.41) is 0. The molecule has 0 N–H and O–H groups in total. The highest BCUT2D eigenvalue weighted by Crippen LogP contribution is 2.39. The van der Waals surface area contributed by atoms with Crippen molar-refractivity contribution in [2.75, 3.05) is 32.8 Å². The van der Waals surface area contributed by atoms with E-state index in [9.17, 15) is 8.42 Å². The molecular weight excluding hydrogens is 332 g/mol. The molecule has 0 aromatic carbocycles. The molecule has 7 heteroatoms. The monoisotopic (exact) mass is 356 g/mol. The standard InChI is InChI=1S/C16H24N2O3S2/c1-2-14-5-6-16(22-14)23(19,20)17-7-8-18-13(9-17)10-21-11-15(18)12-3-4-12/h5-6,12-13,15H,2-4,7-11H2,1H3/t13-,15-/m1/s1. The molecule has 2 atom stereocenters. The predicted molar refractivity (Wildman–Crippen MR) is 90.3 cm³/mol. The minimum atomic E-state index is -3.35. The number of ether oxygens (including phenoxy) is 1. The predicted octanol–water partition coefficient (Wildman–Crippen LogP) is 1.79. The third kappa shape index (κ3) is 2.98. The minimum absolute atomic E-state index is 0.212. The maximum Gasteiger partial charge on any atom is 0.252 e. The Bertz CT molecular complexity index is 669. The van der Waals surface area contributed by atoms with Crippen LogP contribution in [0.15, 0.2) is 16.3 Å². The number of nitrogens with zero attached hydrogens (tertiary/aromatic N) is 2. The molecule has 0 spiro atoms. The maximum absolute atomic E-state index is 12.9. The molecule has 2 saturated heterocycles. The molecule has 1 aromatic heterocycles. The lowest BCUT2D eigenvalue weighted by Crippen LogP contribution is -2.63. The lowest BCUT2D eigenvalue weighted by Gasteiger charge is -2.47. The van der Waals surface area contributed by atoms with Crippen molar-refractivity contribution in [1.29, 1.82) is 0 Å². The third-order valence-corrected chi connectivity index (χ3v) is 8.82. The van der Waals surface area contributed by atoms with Gasteiger partial charge in [0.15, 0.2) is 0 Å². The molecule has 1 aliphatic carbocycles. The first-order valence-corrected chi connectivity index (χ1v) is 10.8. The van der Waals surface area contributed by atoms with Crippen molar-refractivity contribution in [2.24, 2.45) is 5.92 Å². The number of thiophene rings is 1. The fourth-order valence-corrected chi connectivity index (χ4v) is 6.69. The second kappa shape index (κ2) is 6.11. The van der Waals surface area contributed by atoms with Crippen LogP contribution in [0.4, 0.5) is 0 Å². The molecule has 5 nitrogen and oxygen atoms in total. The SMILES string of the molecule is CCc1ccc(S(=O)(=O)N2CCN3[C@@H](COC[C@@H]3C3CC3)C2)s1. The Morgan fingerprint density at radius 2 is 2.09 bits per heavy atom. The van der Waals surface area contributed by atoms with Crippen molar-refractivity contribution in [3.05, 3.63) is 17.0 Å². The summed E-state index contributed by atoms with van der Waals surface area (Å²) < 4.78 is 33.7. The Labute approximate surface area is 142 Å². The zero-order valence-electron chi connectivity index (χ0n) is 13.5. The summed E-state index contributed by atoms with van der Waals surface area (Å²) in [5.74, 6) is 0.769. The van der Waals surface area contributed by atoms with Crippen LogP contribution in [0.3, 0.4) is 0 Å². The molecule has 4 rings (SSSR count). The van der Waals surface area contributed by atoms with Gasteiger partial charge < -0.3 is 4.74 Å². The number of hydrogen-bond donors (Lipinski definition) is 0. The van der Waals surface area contributed by atoms with Crippen LogP contribution < -0.4 is 0 Å². The van der Waals surface area contributed by atoms with E-state index in [4.69, 9.17) is 4.74 Å². The summed E-state index contributed by atoms with van der Waals surface area (Å²) in [5.41, 5.74) is 0. The van der Waals surface area contributed by atoms with Gasteiger partial charge in [0, 0.05) is 36.6 Å². The summed E-state index contributed by atoms with van der Waals surface area (Å²) in [4.78, 5) is 3.64. The smallest absolute Gasteiger partial charge is 0.252 e. The van der Waals surface area contributed by atoms with E-state index in [0.717, 1.165) is 30.4 Å². The first kappa shape index (κ1) is 16.0. The average molecular weight is 357 g/mol. The number of rotatable bonds is 4. The molecule has 0 unspecified atom stereocenters. The zero-order valence-corrected chi connectivity index (χ0v) is 15.1. The van der Waals surface area contributed by atoms with Gasteiger partial charge in [-0.15, -0.1) is 11.3 Å². The van der Waals surface area contributed by atoms with Gasteiger partial charge in [-0.2, -0.15) is 4.31 Å². The molecule has 3 fully saturated rings. The molecule has 0 amide bonds. The van der Waals surface area contributed by atoms with E-state index in [2.05, 4.69) is 11.8 Å². The fraction of sp³-hybridized carbons (Fsp3) is 0.750. The molecule has 1 aromatic rings. The van der Waals surface area contributed by atoms with E-state index in [1.807, 2.05) is 6.07 Å². The maximum atomic E-state index is 12.9. The van der Waals surface area contributed by atoms with Crippen molar-refractivity contribution in [3.8, 4) is 0 Å². The molecule has 2 aliphatic heterocycles. The quantitative estimate of drug-likeness (QED) is 0.825. The van der Waals surface area contributed by atoms with E-state index in [1.54, 1.807) is 10.4 Å². The fourth-order valence-electron chi connectivity index (χ4n) is 3.77. The Kier molecular flexibility index (Phi) is 4.26. The first-order valence-electron chi connectivity index (χ1n) is 8.52. The topological polar surface area (TPSA) is 49.9 Å². The molecule has 0 radical (unpaired) electrons. The van der Waals surface area contributed by atoms with Gasteiger partial charge in [-0.1, -0.05) is 6.92 Å². The van der Waals surface area contributed by atoms with Crippen molar-refractivity contribution < 1.29 is 13.2 Å². The number of fused-ring (bicyclic) bond motifs is 1. The molecule has 3 heterocycles. The van der Waals surface area contributed by atoms with Gasteiger partial charge in [-0.3, -0.25) is 4.90 Å². The van der Waals surface area contributed by atoms with E-state index in [1.165, 1.54) is 24.2 Å². The summed E-state index contributed by atoms with van der Waals surface area (Å²) >= 11 is 1.40. The van der Waals surface area contributed by atoms with Gasteiger partial charge in [0.2, 0.25) is 0 Å². The second-order valence-electron chi connectivity index (χ2n) is 6.77. The zero-order chi connectivity index (χ0) is 16.0. The van der Waals surface area contributed by atoms with Crippen LogP contribution >= 0.6 is 11.3 Å². The molecule has 128 valence electrons. The molecule has 0 bridgehead atoms. The molecule has 23 heavy (non-hydrogen) atoms. The summed E-state index contributed by atoms with van der Waals surface area (Å²) in [6.07, 6.45) is 3.48. The van der Waals surface area contributed by atoms with Crippen LogP contribution in [0, 0.1) is 5.92 Å². The summed E-state index contributed by atoms with van der Waals surface area (Å²) in [7, 11) is -3.35. The van der Waals surface area contributed by atoms with Crippen LogP contribution in [0.1, 0.15) is 24.6 Å². The van der Waals surface area contributed by atoms with E-state index in [-0.39, 0.29) is 6.04 Å². The van der Waals surface area contributed by atoms with Crippen LogP contribution in [0.25, 0.3) is 0 Å². The van der Waals surface area contributed by atoms with Crippen molar-refractivity contribution in [1.82, 2.24) is 9.21 Å². The highest BCUT2D eigenvalue weighted by molar-refractivity contribution is 7.91. The van der Waals surface area contributed by atoms with Crippen molar-refractivity contribution >= 4 is 21.4 Å². The number of piperazine rings is 1. The Morgan fingerprint density at radius 3 is 2.78 bits per heavy atom. The van der Waals surface area contributed by atoms with E-state index >= 15 is 0 Å². The number of morpholine rings is 1. The van der Waals surface area contributed by atoms with Crippen molar-refractivity contribution in [3.63, 3.8) is 0 Å². The first-order chi connectivity index (χ1) is 11.1. The van der Waals surface area contributed by atoms with Crippen molar-refractivity contribution in [2.45, 2.75) is 42.5 Å². The minimum Gasteiger partial charge on any atom is -0.378 e. The summed E-state index contributed by atoms with van der Waals surface area (Å²) in [6.45, 7) is 5.52. The lowest BCUT2D eigenvalue weighted by atomic mass is 10.0. The highest BCUT2D eigenvalue weighted by atomic mass is 32.2.